The van der Waals surface area contributed by atoms with Crippen molar-refractivity contribution in [1.82, 2.24) is 0 Å². The second-order valence-electron chi connectivity index (χ2n) is 7.09. The molecule has 0 heterocycles. The van der Waals surface area contributed by atoms with Crippen LogP contribution in [0.1, 0.15) is 37.5 Å². The van der Waals surface area contributed by atoms with E-state index in [1.807, 2.05) is 0 Å². The number of benzene rings is 2. The van der Waals surface area contributed by atoms with Crippen molar-refractivity contribution in [1.29, 1.82) is 0 Å². The summed E-state index contributed by atoms with van der Waals surface area (Å²) in [6.07, 6.45) is -11.3. The second kappa shape index (κ2) is 6.21. The van der Waals surface area contributed by atoms with Crippen LogP contribution in [0.25, 0.3) is 0 Å². The van der Waals surface area contributed by atoms with E-state index in [2.05, 4.69) is 0 Å². The van der Waals surface area contributed by atoms with Gasteiger partial charge in [0.1, 0.15) is 5.75 Å². The molecule has 1 N–H and O–H groups in total. The van der Waals surface area contributed by atoms with Crippen LogP contribution in [-0.2, 0) is 10.8 Å². The van der Waals surface area contributed by atoms with Gasteiger partial charge in [-0.05, 0) is 28.2 Å². The minimum atomic E-state index is -5.64. The molecule has 0 aromatic heterocycles. The average molecular weight is 376 g/mol. The number of aromatic hydroxyl groups is 1. The first-order chi connectivity index (χ1) is 11.7. The quantitative estimate of drug-likeness (QED) is 0.628. The van der Waals surface area contributed by atoms with E-state index in [4.69, 9.17) is 0 Å². The average Bonchev–Trinajstić information content (AvgIpc) is 2.46. The van der Waals surface area contributed by atoms with Crippen LogP contribution in [0.5, 0.6) is 5.75 Å². The molecule has 2 aromatic carbocycles. The number of phenols is 1. The molecule has 0 unspecified atom stereocenters. The molecular weight excluding hydrogens is 358 g/mol. The maximum Gasteiger partial charge on any atom is 0.411 e. The lowest BCUT2D eigenvalue weighted by Crippen LogP contribution is -2.54. The van der Waals surface area contributed by atoms with E-state index in [0.717, 1.165) is 36.4 Å². The number of hydrogen-bond donors (Lipinski definition) is 1. The summed E-state index contributed by atoms with van der Waals surface area (Å²) in [6, 6.07) is 7.58. The highest BCUT2D eigenvalue weighted by Crippen LogP contribution is 2.56. The standard InChI is InChI=1S/C19H18F6O/c1-16(2,3)14-11-13(9-10-15(14)26)17(18(20,21)22,19(23,24)25)12-7-5-4-6-8-12/h4-11,26H,1-3H3. The number of phenolic OH excluding ortho intramolecular Hbond substituents is 1. The third-order valence-electron chi connectivity index (χ3n) is 4.29. The Morgan fingerprint density at radius 1 is 0.692 bits per heavy atom. The fraction of sp³-hybridized carbons (Fsp3) is 0.368. The van der Waals surface area contributed by atoms with Gasteiger partial charge < -0.3 is 5.11 Å². The molecule has 0 aliphatic carbocycles. The van der Waals surface area contributed by atoms with Gasteiger partial charge in [-0.15, -0.1) is 0 Å². The van der Waals surface area contributed by atoms with E-state index in [9.17, 15) is 31.4 Å². The van der Waals surface area contributed by atoms with Gasteiger partial charge >= 0.3 is 12.4 Å². The van der Waals surface area contributed by atoms with Gasteiger partial charge in [-0.25, -0.2) is 0 Å². The van der Waals surface area contributed by atoms with Crippen LogP contribution in [0.4, 0.5) is 26.3 Å². The third kappa shape index (κ3) is 3.15. The Morgan fingerprint density at radius 3 is 1.62 bits per heavy atom. The molecule has 0 saturated carbocycles. The highest BCUT2D eigenvalue weighted by molar-refractivity contribution is 5.49. The fourth-order valence-electron chi connectivity index (χ4n) is 3.04. The van der Waals surface area contributed by atoms with Crippen LogP contribution >= 0.6 is 0 Å². The van der Waals surface area contributed by atoms with E-state index < -0.39 is 34.3 Å². The highest BCUT2D eigenvalue weighted by Gasteiger charge is 2.72. The van der Waals surface area contributed by atoms with Gasteiger partial charge in [0.25, 0.3) is 0 Å². The zero-order chi connectivity index (χ0) is 20.0. The van der Waals surface area contributed by atoms with E-state index >= 15 is 0 Å². The number of halogens is 6. The first-order valence-corrected chi connectivity index (χ1v) is 7.76. The molecule has 0 aliphatic heterocycles. The highest BCUT2D eigenvalue weighted by atomic mass is 19.4. The molecule has 0 atom stereocenters. The lowest BCUT2D eigenvalue weighted by molar-refractivity contribution is -0.288. The summed E-state index contributed by atoms with van der Waals surface area (Å²) in [4.78, 5) is 0. The van der Waals surface area contributed by atoms with E-state index in [-0.39, 0.29) is 11.3 Å². The van der Waals surface area contributed by atoms with Gasteiger partial charge in [-0.2, -0.15) is 26.3 Å². The van der Waals surface area contributed by atoms with Crippen LogP contribution in [0.3, 0.4) is 0 Å². The summed E-state index contributed by atoms with van der Waals surface area (Å²) >= 11 is 0. The van der Waals surface area contributed by atoms with Crippen molar-refractivity contribution in [3.8, 4) is 5.75 Å². The Bertz CT molecular complexity index is 755. The molecular formula is C19H18F6O. The Hall–Kier alpha value is -2.18. The minimum Gasteiger partial charge on any atom is -0.508 e. The molecule has 0 bridgehead atoms. The van der Waals surface area contributed by atoms with Gasteiger partial charge in [0.2, 0.25) is 5.41 Å². The lowest BCUT2D eigenvalue weighted by atomic mass is 9.71. The summed E-state index contributed by atoms with van der Waals surface area (Å²) in [5.41, 5.74) is -6.95. The normalized spacial score (nSPS) is 13.7. The smallest absolute Gasteiger partial charge is 0.411 e. The molecule has 0 saturated heterocycles. The van der Waals surface area contributed by atoms with Crippen LogP contribution in [0.15, 0.2) is 48.5 Å². The van der Waals surface area contributed by atoms with Gasteiger partial charge in [0.15, 0.2) is 0 Å². The largest absolute Gasteiger partial charge is 0.508 e. The zero-order valence-electron chi connectivity index (χ0n) is 14.3. The van der Waals surface area contributed by atoms with Gasteiger partial charge in [0, 0.05) is 0 Å². The van der Waals surface area contributed by atoms with E-state index in [1.165, 1.54) is 6.07 Å². The second-order valence-corrected chi connectivity index (χ2v) is 7.09. The third-order valence-corrected chi connectivity index (χ3v) is 4.29. The first-order valence-electron chi connectivity index (χ1n) is 7.76. The molecule has 1 nitrogen and oxygen atoms in total. The molecule has 26 heavy (non-hydrogen) atoms. The van der Waals surface area contributed by atoms with E-state index in [1.54, 1.807) is 20.8 Å². The predicted octanol–water partition coefficient (Wildman–Crippen LogP) is 6.10. The molecule has 142 valence electrons. The Kier molecular flexibility index (Phi) is 4.81. The SMILES string of the molecule is CC(C)(C)c1cc(C(c2ccccc2)(C(F)(F)F)C(F)(F)F)ccc1O. The van der Waals surface area contributed by atoms with Gasteiger partial charge in [0.05, 0.1) is 0 Å². The summed E-state index contributed by atoms with van der Waals surface area (Å²) in [6.45, 7) is 4.78. The van der Waals surface area contributed by atoms with Crippen molar-refractivity contribution < 1.29 is 31.4 Å². The maximum atomic E-state index is 14.0. The monoisotopic (exact) mass is 376 g/mol. The Morgan fingerprint density at radius 2 is 1.19 bits per heavy atom. The van der Waals surface area contributed by atoms with Crippen molar-refractivity contribution in [3.05, 3.63) is 65.2 Å². The Balaban J connectivity index is 2.95. The fourth-order valence-corrected chi connectivity index (χ4v) is 3.04. The molecule has 0 fully saturated rings. The Labute approximate surface area is 147 Å². The van der Waals surface area contributed by atoms with Gasteiger partial charge in [-0.3, -0.25) is 0 Å². The van der Waals surface area contributed by atoms with Crippen molar-refractivity contribution in [2.24, 2.45) is 0 Å². The van der Waals surface area contributed by atoms with E-state index in [0.29, 0.717) is 6.07 Å². The van der Waals surface area contributed by atoms with Gasteiger partial charge in [-0.1, -0.05) is 63.2 Å². The van der Waals surface area contributed by atoms with Crippen molar-refractivity contribution >= 4 is 0 Å². The molecule has 0 radical (unpaired) electrons. The number of hydrogen-bond acceptors (Lipinski definition) is 1. The predicted molar refractivity (Wildman–Crippen MR) is 86.1 cm³/mol. The van der Waals surface area contributed by atoms with Crippen molar-refractivity contribution in [2.45, 2.75) is 44.0 Å². The molecule has 0 aliphatic rings. The van der Waals surface area contributed by atoms with Crippen molar-refractivity contribution in [3.63, 3.8) is 0 Å². The van der Waals surface area contributed by atoms with Crippen LogP contribution < -0.4 is 0 Å². The van der Waals surface area contributed by atoms with Crippen LogP contribution in [0.2, 0.25) is 0 Å². The summed E-state index contributed by atoms with van der Waals surface area (Å²) in [5.74, 6) is -0.354. The zero-order valence-corrected chi connectivity index (χ0v) is 14.3. The van der Waals surface area contributed by atoms with Crippen molar-refractivity contribution in [2.75, 3.05) is 0 Å². The molecule has 0 amide bonds. The summed E-state index contributed by atoms with van der Waals surface area (Å²) in [7, 11) is 0. The lowest BCUT2D eigenvalue weighted by Gasteiger charge is -2.39. The minimum absolute atomic E-state index is 0.00352. The summed E-state index contributed by atoms with van der Waals surface area (Å²) < 4.78 is 83.9. The maximum absolute atomic E-state index is 14.0. The molecule has 2 rings (SSSR count). The number of rotatable bonds is 2. The molecule has 2 aromatic rings. The first kappa shape index (κ1) is 20.1. The number of alkyl halides is 6. The molecule has 0 spiro atoms. The topological polar surface area (TPSA) is 20.2 Å². The summed E-state index contributed by atoms with van der Waals surface area (Å²) in [5, 5.41) is 9.95. The molecule has 7 heteroatoms. The van der Waals surface area contributed by atoms with Crippen LogP contribution in [0, 0.1) is 0 Å². The van der Waals surface area contributed by atoms with Crippen LogP contribution in [-0.4, -0.2) is 17.5 Å².